The van der Waals surface area contributed by atoms with Gasteiger partial charge >= 0.3 is 0 Å². The Morgan fingerprint density at radius 1 is 0.750 bits per heavy atom. The number of fused-ring (bicyclic) bond motifs is 11. The molecule has 0 amide bonds. The van der Waals surface area contributed by atoms with Crippen molar-refractivity contribution in [1.29, 1.82) is 0 Å². The molecule has 0 saturated heterocycles. The number of benzene rings is 6. The van der Waals surface area contributed by atoms with Crippen molar-refractivity contribution in [3.63, 3.8) is 0 Å². The Morgan fingerprint density at radius 2 is 1.46 bits per heavy atom. The molecule has 0 aromatic heterocycles. The number of para-hydroxylation sites is 2. The highest BCUT2D eigenvalue weighted by Crippen LogP contribution is 2.63. The molecule has 1 heterocycles. The van der Waals surface area contributed by atoms with Crippen molar-refractivity contribution in [1.82, 2.24) is 5.32 Å². The summed E-state index contributed by atoms with van der Waals surface area (Å²) in [5, 5.41) is 6.27. The molecule has 2 atom stereocenters. The van der Waals surface area contributed by atoms with Gasteiger partial charge in [-0.25, -0.2) is 4.99 Å². The smallest absolute Gasteiger partial charge is 0.132 e. The molecule has 0 fully saturated rings. The van der Waals surface area contributed by atoms with Crippen LogP contribution in [0.5, 0.6) is 11.5 Å². The lowest BCUT2D eigenvalue weighted by molar-refractivity contribution is 0.436. The Morgan fingerprint density at radius 3 is 2.23 bits per heavy atom. The van der Waals surface area contributed by atoms with Crippen LogP contribution in [-0.4, -0.2) is 12.4 Å². The van der Waals surface area contributed by atoms with E-state index in [1.807, 2.05) is 30.3 Å². The number of nitrogens with two attached hydrogens (primary N) is 1. The molecule has 2 aliphatic carbocycles. The molecule has 48 heavy (non-hydrogen) atoms. The summed E-state index contributed by atoms with van der Waals surface area (Å²) in [6, 6.07) is 47.3. The van der Waals surface area contributed by atoms with Crippen LogP contribution in [0.1, 0.15) is 46.0 Å². The number of rotatable bonds is 6. The van der Waals surface area contributed by atoms with Gasteiger partial charge in [0, 0.05) is 23.2 Å². The maximum absolute atomic E-state index is 6.72. The van der Waals surface area contributed by atoms with Crippen molar-refractivity contribution < 1.29 is 4.74 Å². The fraction of sp³-hybridized carbons (Fsp3) is 0.114. The van der Waals surface area contributed by atoms with E-state index in [4.69, 9.17) is 15.5 Å². The molecular weight excluding hydrogens is 587 g/mol. The quantitative estimate of drug-likeness (QED) is 0.144. The van der Waals surface area contributed by atoms with Crippen LogP contribution in [0.3, 0.4) is 0 Å². The molecule has 2 unspecified atom stereocenters. The number of hydrogen-bond acceptors (Lipinski definition) is 3. The second kappa shape index (κ2) is 11.5. The summed E-state index contributed by atoms with van der Waals surface area (Å²) in [7, 11) is 0. The number of nitrogens with one attached hydrogen (secondary N) is 1. The van der Waals surface area contributed by atoms with Gasteiger partial charge in [0.05, 0.1) is 5.41 Å². The van der Waals surface area contributed by atoms with Gasteiger partial charge in [-0.15, -0.1) is 0 Å². The number of ether oxygens (including phenoxy) is 1. The highest BCUT2D eigenvalue weighted by atomic mass is 16.5. The van der Waals surface area contributed by atoms with E-state index in [2.05, 4.69) is 133 Å². The van der Waals surface area contributed by atoms with Crippen molar-refractivity contribution in [2.75, 3.05) is 6.54 Å². The molecule has 0 bridgehead atoms. The first kappa shape index (κ1) is 28.5. The van der Waals surface area contributed by atoms with E-state index in [0.717, 1.165) is 46.7 Å². The van der Waals surface area contributed by atoms with Crippen LogP contribution in [0.15, 0.2) is 163 Å². The zero-order valence-corrected chi connectivity index (χ0v) is 26.5. The van der Waals surface area contributed by atoms with E-state index in [0.29, 0.717) is 11.8 Å². The third kappa shape index (κ3) is 4.44. The summed E-state index contributed by atoms with van der Waals surface area (Å²) >= 11 is 0. The normalized spacial score (nSPS) is 17.3. The van der Waals surface area contributed by atoms with E-state index in [-0.39, 0.29) is 6.17 Å². The summed E-state index contributed by atoms with van der Waals surface area (Å²) in [4.78, 5) is 5.16. The lowest BCUT2D eigenvalue weighted by atomic mass is 9.65. The molecule has 4 heteroatoms. The second-order valence-corrected chi connectivity index (χ2v) is 12.9. The molecule has 6 aromatic carbocycles. The van der Waals surface area contributed by atoms with E-state index in [1.165, 1.54) is 33.0 Å². The minimum atomic E-state index is -0.594. The minimum Gasteiger partial charge on any atom is -0.457 e. The molecule has 3 N–H and O–H groups in total. The zero-order chi connectivity index (χ0) is 32.1. The Labute approximate surface area is 280 Å². The van der Waals surface area contributed by atoms with Crippen molar-refractivity contribution >= 4 is 16.6 Å². The highest BCUT2D eigenvalue weighted by Gasteiger charge is 2.52. The van der Waals surface area contributed by atoms with Gasteiger partial charge in [0.2, 0.25) is 0 Å². The Hall–Kier alpha value is -5.71. The lowest BCUT2D eigenvalue weighted by Gasteiger charge is -2.40. The van der Waals surface area contributed by atoms with Gasteiger partial charge < -0.3 is 10.5 Å². The van der Waals surface area contributed by atoms with Crippen molar-refractivity contribution in [3.8, 4) is 22.6 Å². The Bertz CT molecular complexity index is 2240. The first-order valence-electron chi connectivity index (χ1n) is 16.7. The standard InChI is InChI=1S/C44H35N3O/c45-42(31-16-5-2-6-17-31)47-43(46-28-29-13-3-1-4-14-29)32-24-25-34-35-26-23-30-15-7-8-18-33(30)41(35)44(38(34)27-32)36-19-9-11-21-39(36)48-40-22-12-10-20-37(40)44/h1-13,15-27,29,43,46H,14,28H2,(H2,45,47). The molecule has 9 rings (SSSR count). The number of hydrogen-bond donors (Lipinski definition) is 2. The van der Waals surface area contributed by atoms with Gasteiger partial charge in [0.1, 0.15) is 23.5 Å². The van der Waals surface area contributed by atoms with Crippen LogP contribution in [0.25, 0.3) is 21.9 Å². The average Bonchev–Trinajstić information content (AvgIpc) is 3.44. The van der Waals surface area contributed by atoms with Crippen molar-refractivity contribution in [3.05, 3.63) is 191 Å². The molecular formula is C44H35N3O. The third-order valence-corrected chi connectivity index (χ3v) is 10.1. The number of amidine groups is 1. The van der Waals surface area contributed by atoms with Crippen molar-refractivity contribution in [2.45, 2.75) is 18.0 Å². The van der Waals surface area contributed by atoms with Gasteiger partial charge in [-0.3, -0.25) is 5.32 Å². The third-order valence-electron chi connectivity index (χ3n) is 10.1. The first-order valence-corrected chi connectivity index (χ1v) is 16.7. The fourth-order valence-electron chi connectivity index (χ4n) is 7.97. The monoisotopic (exact) mass is 621 g/mol. The SMILES string of the molecule is N/C(=N\C(NCC1C=CC=CC1)c1ccc2c(c1)C1(c3ccccc3Oc3ccccc31)c1c-2ccc2ccccc12)c1ccccc1. The summed E-state index contributed by atoms with van der Waals surface area (Å²) < 4.78 is 6.63. The summed E-state index contributed by atoms with van der Waals surface area (Å²) in [5.41, 5.74) is 15.4. The summed E-state index contributed by atoms with van der Waals surface area (Å²) in [5.74, 6) is 2.66. The molecule has 232 valence electrons. The summed E-state index contributed by atoms with van der Waals surface area (Å²) in [6.45, 7) is 0.781. The van der Waals surface area contributed by atoms with Crippen LogP contribution in [0.4, 0.5) is 0 Å². The van der Waals surface area contributed by atoms with E-state index in [1.54, 1.807) is 0 Å². The number of nitrogens with zero attached hydrogens (tertiary/aromatic N) is 1. The van der Waals surface area contributed by atoms with Crippen LogP contribution in [0.2, 0.25) is 0 Å². The summed E-state index contributed by atoms with van der Waals surface area (Å²) in [6.07, 6.45) is 9.39. The first-order chi connectivity index (χ1) is 23.7. The molecule has 3 aliphatic rings. The molecule has 1 spiro atoms. The van der Waals surface area contributed by atoms with Crippen LogP contribution < -0.4 is 15.8 Å². The Kier molecular flexibility index (Phi) is 6.84. The molecule has 1 aliphatic heterocycles. The fourth-order valence-corrected chi connectivity index (χ4v) is 7.97. The van der Waals surface area contributed by atoms with Crippen LogP contribution in [0, 0.1) is 5.92 Å². The molecule has 4 nitrogen and oxygen atoms in total. The van der Waals surface area contributed by atoms with Crippen LogP contribution >= 0.6 is 0 Å². The van der Waals surface area contributed by atoms with E-state index < -0.39 is 5.41 Å². The van der Waals surface area contributed by atoms with E-state index in [9.17, 15) is 0 Å². The maximum Gasteiger partial charge on any atom is 0.132 e. The van der Waals surface area contributed by atoms with Gasteiger partial charge in [0.25, 0.3) is 0 Å². The van der Waals surface area contributed by atoms with E-state index >= 15 is 0 Å². The maximum atomic E-state index is 6.72. The van der Waals surface area contributed by atoms with Gasteiger partial charge in [-0.05, 0) is 63.1 Å². The molecule has 6 aromatic rings. The van der Waals surface area contributed by atoms with Crippen LogP contribution in [-0.2, 0) is 5.41 Å². The second-order valence-electron chi connectivity index (χ2n) is 12.9. The molecule has 0 radical (unpaired) electrons. The lowest BCUT2D eigenvalue weighted by Crippen LogP contribution is -2.33. The number of aliphatic imine (C=N–C) groups is 1. The number of allylic oxidation sites excluding steroid dienone is 3. The van der Waals surface area contributed by atoms with Gasteiger partial charge in [-0.1, -0.05) is 146 Å². The Balaban J connectivity index is 1.29. The average molecular weight is 622 g/mol. The zero-order valence-electron chi connectivity index (χ0n) is 26.5. The van der Waals surface area contributed by atoms with Gasteiger partial charge in [-0.2, -0.15) is 0 Å². The van der Waals surface area contributed by atoms with Crippen molar-refractivity contribution in [2.24, 2.45) is 16.6 Å². The largest absolute Gasteiger partial charge is 0.457 e. The minimum absolute atomic E-state index is 0.349. The predicted molar refractivity (Wildman–Crippen MR) is 196 cm³/mol. The predicted octanol–water partition coefficient (Wildman–Crippen LogP) is 9.43. The highest BCUT2D eigenvalue weighted by molar-refractivity contribution is 6.01. The molecule has 0 saturated carbocycles. The topological polar surface area (TPSA) is 59.6 Å². The van der Waals surface area contributed by atoms with Gasteiger partial charge in [0.15, 0.2) is 0 Å².